The fraction of sp³-hybridized carbons (Fsp3) is 0.500. The summed E-state index contributed by atoms with van der Waals surface area (Å²) >= 11 is 6.43. The highest BCUT2D eigenvalue weighted by molar-refractivity contribution is 6.31. The Balaban J connectivity index is 1.01. The van der Waals surface area contributed by atoms with Gasteiger partial charge in [0.1, 0.15) is 12.1 Å². The van der Waals surface area contributed by atoms with E-state index >= 15 is 0 Å². The van der Waals surface area contributed by atoms with Crippen LogP contribution in [0.15, 0.2) is 60.9 Å². The molecule has 3 aliphatic rings. The zero-order valence-corrected chi connectivity index (χ0v) is 33.4. The zero-order chi connectivity index (χ0) is 39.4. The van der Waals surface area contributed by atoms with Gasteiger partial charge in [0.15, 0.2) is 23.0 Å². The number of benzene rings is 2. The van der Waals surface area contributed by atoms with Crippen molar-refractivity contribution in [3.8, 4) is 11.5 Å². The Morgan fingerprint density at radius 2 is 1.80 bits per heavy atom. The molecule has 1 aliphatic carbocycles. The molecule has 2 aromatic carbocycles. The molecular weight excluding hydrogens is 736 g/mol. The van der Waals surface area contributed by atoms with Crippen molar-refractivity contribution in [2.24, 2.45) is 5.92 Å². The van der Waals surface area contributed by atoms with Crippen molar-refractivity contribution in [3.05, 3.63) is 92.8 Å². The Bertz CT molecular complexity index is 2070. The second-order valence-electron chi connectivity index (χ2n) is 15.0. The Morgan fingerprint density at radius 1 is 1.07 bits per heavy atom. The third-order valence-electron chi connectivity index (χ3n) is 11.7. The number of piperazine rings is 1. The summed E-state index contributed by atoms with van der Waals surface area (Å²) < 4.78 is 13.3. The van der Waals surface area contributed by atoms with E-state index in [0.717, 1.165) is 86.0 Å². The first-order valence-corrected chi connectivity index (χ1v) is 19.7. The molecule has 298 valence electrons. The number of fused-ring (bicyclic) bond motifs is 3. The molecule has 4 heterocycles. The molecule has 0 radical (unpaired) electrons. The van der Waals surface area contributed by atoms with Gasteiger partial charge in [0, 0.05) is 76.4 Å². The highest BCUT2D eigenvalue weighted by atomic mass is 35.5. The van der Waals surface area contributed by atoms with Gasteiger partial charge in [0.25, 0.3) is 6.20 Å². The number of hydrogen-bond donors (Lipinski definition) is 1. The average Bonchev–Trinajstić information content (AvgIpc) is 3.62. The number of ether oxygens (including phenoxy) is 2. The number of anilines is 1. The van der Waals surface area contributed by atoms with E-state index in [2.05, 4.69) is 42.3 Å². The zero-order valence-electron chi connectivity index (χ0n) is 32.6. The molecule has 2 aromatic heterocycles. The number of hydrogen-bond acceptors (Lipinski definition) is 12. The fourth-order valence-corrected chi connectivity index (χ4v) is 8.99. The monoisotopic (exact) mass is 786 g/mol. The molecule has 0 bridgehead atoms. The van der Waals surface area contributed by atoms with Crippen LogP contribution in [0.1, 0.15) is 48.8 Å². The van der Waals surface area contributed by atoms with E-state index in [0.29, 0.717) is 55.9 Å². The number of amides is 1. The number of nitrogens with zero attached hydrogens (tertiary/aromatic N) is 9. The van der Waals surface area contributed by atoms with Gasteiger partial charge >= 0.3 is 0 Å². The van der Waals surface area contributed by atoms with Crippen LogP contribution in [0.3, 0.4) is 0 Å². The minimum atomic E-state index is -0.434. The molecular formula is C40H51ClN10O5. The van der Waals surface area contributed by atoms with E-state index in [1.165, 1.54) is 11.1 Å². The molecule has 7 rings (SSSR count). The molecule has 16 heteroatoms. The van der Waals surface area contributed by atoms with E-state index in [-0.39, 0.29) is 17.4 Å². The lowest BCUT2D eigenvalue weighted by atomic mass is 9.68. The first kappa shape index (κ1) is 39.1. The Hall–Kier alpha value is -5.15. The van der Waals surface area contributed by atoms with Crippen LogP contribution >= 0.6 is 11.6 Å². The number of nitro groups is 1. The van der Waals surface area contributed by atoms with E-state index in [9.17, 15) is 14.9 Å². The molecule has 0 unspecified atom stereocenters. The topological polar surface area (TPSA) is 147 Å². The molecule has 0 atom stereocenters. The quantitative estimate of drug-likeness (QED) is 0.113. The number of rotatable bonds is 13. The second-order valence-corrected chi connectivity index (χ2v) is 15.4. The predicted molar refractivity (Wildman–Crippen MR) is 215 cm³/mol. The molecule has 1 amide bonds. The highest BCUT2D eigenvalue weighted by Crippen LogP contribution is 2.50. The van der Waals surface area contributed by atoms with Crippen molar-refractivity contribution in [1.29, 1.82) is 0 Å². The van der Waals surface area contributed by atoms with Crippen molar-refractivity contribution in [3.63, 3.8) is 0 Å². The van der Waals surface area contributed by atoms with Crippen LogP contribution in [-0.4, -0.2) is 119 Å². The lowest BCUT2D eigenvalue weighted by molar-refractivity contribution is -0.404. The molecule has 15 nitrogen and oxygen atoms in total. The highest BCUT2D eigenvalue weighted by Gasteiger charge is 2.47. The normalized spacial score (nSPS) is 20.2. The van der Waals surface area contributed by atoms with Crippen LogP contribution in [-0.2, 0) is 23.3 Å². The SMILES string of the molecule is COc1cc2c(cc1OC)C1(CCC(C(=O)N3CCN(c4ncnc5c4cnn5Cc4ccccc4Cl)CC3)CC1)N(CCCNC(=C[N+](=O)[O-])N(C)C)CC2. The van der Waals surface area contributed by atoms with Gasteiger partial charge in [-0.2, -0.15) is 5.10 Å². The summed E-state index contributed by atoms with van der Waals surface area (Å²) in [7, 11) is 6.91. The molecule has 1 N–H and O–H groups in total. The first-order chi connectivity index (χ1) is 27.1. The number of halogens is 1. The number of carbonyl (C=O) groups excluding carboxylic acids is 1. The first-order valence-electron chi connectivity index (χ1n) is 19.3. The van der Waals surface area contributed by atoms with Gasteiger partial charge in [0.05, 0.1) is 37.3 Å². The van der Waals surface area contributed by atoms with Gasteiger partial charge in [-0.25, -0.2) is 14.6 Å². The Kier molecular flexibility index (Phi) is 11.8. The maximum absolute atomic E-state index is 14.1. The minimum absolute atomic E-state index is 0.0510. The summed E-state index contributed by atoms with van der Waals surface area (Å²) in [5.41, 5.74) is 3.98. The number of aromatic nitrogens is 4. The van der Waals surface area contributed by atoms with Crippen molar-refractivity contribution in [1.82, 2.24) is 39.8 Å². The molecule has 4 aromatic rings. The number of carbonyl (C=O) groups is 1. The van der Waals surface area contributed by atoms with Crippen molar-refractivity contribution >= 4 is 34.4 Å². The maximum Gasteiger partial charge on any atom is 0.274 e. The van der Waals surface area contributed by atoms with Gasteiger partial charge in [-0.1, -0.05) is 29.8 Å². The van der Waals surface area contributed by atoms with Crippen LogP contribution in [0, 0.1) is 16.0 Å². The van der Waals surface area contributed by atoms with E-state index in [4.69, 9.17) is 21.1 Å². The van der Waals surface area contributed by atoms with Crippen LogP contribution in [0.4, 0.5) is 5.82 Å². The van der Waals surface area contributed by atoms with Gasteiger partial charge < -0.3 is 29.5 Å². The smallest absolute Gasteiger partial charge is 0.274 e. The number of methoxy groups -OCH3 is 2. The lowest BCUT2D eigenvalue weighted by Crippen LogP contribution is -2.55. The van der Waals surface area contributed by atoms with Crippen molar-refractivity contribution < 1.29 is 19.2 Å². The summed E-state index contributed by atoms with van der Waals surface area (Å²) in [6, 6.07) is 12.0. The van der Waals surface area contributed by atoms with Gasteiger partial charge in [0.2, 0.25) is 5.91 Å². The van der Waals surface area contributed by atoms with Gasteiger partial charge in [-0.15, -0.1) is 0 Å². The molecule has 1 saturated carbocycles. The molecule has 2 aliphatic heterocycles. The Labute approximate surface area is 332 Å². The molecule has 1 saturated heterocycles. The molecule has 56 heavy (non-hydrogen) atoms. The van der Waals surface area contributed by atoms with Crippen molar-refractivity contribution in [2.75, 3.05) is 79.0 Å². The lowest BCUT2D eigenvalue weighted by Gasteiger charge is -2.52. The largest absolute Gasteiger partial charge is 0.493 e. The van der Waals surface area contributed by atoms with Crippen LogP contribution in [0.25, 0.3) is 11.0 Å². The van der Waals surface area contributed by atoms with E-state index in [1.807, 2.05) is 40.0 Å². The third-order valence-corrected chi connectivity index (χ3v) is 12.1. The standard InChI is InChI=1S/C40H51ClN10O5/c1-46(2)36(26-51(53)54)42-15-7-16-49-17-12-29-22-34(55-3)35(56-4)23-32(29)40(49)13-10-28(11-14-40)39(52)48-20-18-47(19-21-48)37-31-24-45-50(38(31)44-27-43-37)25-30-8-5-6-9-33(30)41/h5-6,8-9,22-24,26-28,42H,7,10-21,25H2,1-4H3. The van der Waals surface area contributed by atoms with Crippen LogP contribution < -0.4 is 19.7 Å². The molecule has 2 fully saturated rings. The van der Waals surface area contributed by atoms with Crippen LogP contribution in [0.5, 0.6) is 11.5 Å². The second kappa shape index (κ2) is 16.9. The van der Waals surface area contributed by atoms with Crippen molar-refractivity contribution in [2.45, 2.75) is 50.6 Å². The summed E-state index contributed by atoms with van der Waals surface area (Å²) in [4.78, 5) is 42.6. The maximum atomic E-state index is 14.1. The predicted octanol–water partition coefficient (Wildman–Crippen LogP) is 4.75. The number of nitrogens with one attached hydrogen (secondary N) is 1. The third kappa shape index (κ3) is 7.92. The minimum Gasteiger partial charge on any atom is -0.493 e. The van der Waals surface area contributed by atoms with E-state index < -0.39 is 4.92 Å². The average molecular weight is 787 g/mol. The fourth-order valence-electron chi connectivity index (χ4n) is 8.79. The van der Waals surface area contributed by atoms with E-state index in [1.54, 1.807) is 39.5 Å². The van der Waals surface area contributed by atoms with Gasteiger partial charge in [-0.05, 0) is 73.4 Å². The summed E-state index contributed by atoms with van der Waals surface area (Å²) in [6.07, 6.45) is 9.36. The summed E-state index contributed by atoms with van der Waals surface area (Å²) in [5.74, 6) is 2.91. The summed E-state index contributed by atoms with van der Waals surface area (Å²) in [6.45, 7) is 5.40. The van der Waals surface area contributed by atoms with Gasteiger partial charge in [-0.3, -0.25) is 19.8 Å². The molecule has 1 spiro atoms. The Morgan fingerprint density at radius 3 is 2.50 bits per heavy atom. The summed E-state index contributed by atoms with van der Waals surface area (Å²) in [5, 5.41) is 20.6. The van der Waals surface area contributed by atoms with Crippen LogP contribution in [0.2, 0.25) is 5.02 Å².